The third kappa shape index (κ3) is 2.71. The van der Waals surface area contributed by atoms with Gasteiger partial charge in [-0.1, -0.05) is 0 Å². The molecule has 1 aromatic rings. The summed E-state index contributed by atoms with van der Waals surface area (Å²) in [5.74, 6) is 0.172. The predicted molar refractivity (Wildman–Crippen MR) is 67.5 cm³/mol. The summed E-state index contributed by atoms with van der Waals surface area (Å²) in [5, 5.41) is 3.22. The molecule has 2 aliphatic rings. The number of hydrogen-bond donors (Lipinski definition) is 1. The Labute approximate surface area is 114 Å². The SMILES string of the molecule is FC(F)(F)c1ccnc(N2CCN(C3CNC3)CC2)n1. The Kier molecular flexibility index (Phi) is 3.51. The van der Waals surface area contributed by atoms with Gasteiger partial charge in [0.2, 0.25) is 5.95 Å². The summed E-state index contributed by atoms with van der Waals surface area (Å²) in [6, 6.07) is 1.47. The first-order valence-electron chi connectivity index (χ1n) is 6.64. The lowest BCUT2D eigenvalue weighted by Gasteiger charge is -2.43. The van der Waals surface area contributed by atoms with Crippen molar-refractivity contribution in [2.75, 3.05) is 44.2 Å². The Balaban J connectivity index is 1.65. The number of rotatable bonds is 2. The number of anilines is 1. The maximum absolute atomic E-state index is 12.6. The molecule has 0 atom stereocenters. The lowest BCUT2D eigenvalue weighted by molar-refractivity contribution is -0.141. The zero-order valence-corrected chi connectivity index (χ0v) is 10.9. The van der Waals surface area contributed by atoms with Crippen molar-refractivity contribution in [1.29, 1.82) is 0 Å². The molecule has 0 aromatic carbocycles. The fourth-order valence-corrected chi connectivity index (χ4v) is 2.48. The van der Waals surface area contributed by atoms with Gasteiger partial charge in [-0.25, -0.2) is 9.97 Å². The lowest BCUT2D eigenvalue weighted by atomic mass is 10.1. The Morgan fingerprint density at radius 1 is 1.15 bits per heavy atom. The molecule has 0 amide bonds. The molecule has 3 rings (SSSR count). The van der Waals surface area contributed by atoms with Crippen molar-refractivity contribution >= 4 is 5.95 Å². The molecule has 5 nitrogen and oxygen atoms in total. The molecule has 20 heavy (non-hydrogen) atoms. The van der Waals surface area contributed by atoms with Crippen molar-refractivity contribution < 1.29 is 13.2 Å². The number of nitrogens with one attached hydrogen (secondary N) is 1. The minimum atomic E-state index is -4.42. The molecule has 0 saturated carbocycles. The van der Waals surface area contributed by atoms with Crippen LogP contribution >= 0.6 is 0 Å². The Morgan fingerprint density at radius 2 is 1.85 bits per heavy atom. The van der Waals surface area contributed by atoms with E-state index in [0.29, 0.717) is 19.1 Å². The van der Waals surface area contributed by atoms with Gasteiger partial charge in [-0.15, -0.1) is 0 Å². The van der Waals surface area contributed by atoms with E-state index in [1.807, 2.05) is 4.90 Å². The van der Waals surface area contributed by atoms with Gasteiger partial charge in [-0.05, 0) is 6.07 Å². The van der Waals surface area contributed by atoms with Crippen molar-refractivity contribution in [2.24, 2.45) is 0 Å². The number of halogens is 3. The van der Waals surface area contributed by atoms with Gasteiger partial charge in [0, 0.05) is 51.5 Å². The van der Waals surface area contributed by atoms with Crippen LogP contribution in [0.1, 0.15) is 5.69 Å². The van der Waals surface area contributed by atoms with Crippen LogP contribution in [-0.4, -0.2) is 60.2 Å². The van der Waals surface area contributed by atoms with E-state index in [-0.39, 0.29) is 5.95 Å². The van der Waals surface area contributed by atoms with Gasteiger partial charge in [0.1, 0.15) is 5.69 Å². The van der Waals surface area contributed by atoms with Crippen LogP contribution in [0.3, 0.4) is 0 Å². The zero-order chi connectivity index (χ0) is 14.2. The summed E-state index contributed by atoms with van der Waals surface area (Å²) in [4.78, 5) is 11.8. The van der Waals surface area contributed by atoms with Crippen molar-refractivity contribution in [2.45, 2.75) is 12.2 Å². The molecule has 1 aromatic heterocycles. The normalized spacial score (nSPS) is 21.9. The fraction of sp³-hybridized carbons (Fsp3) is 0.667. The average molecular weight is 287 g/mol. The standard InChI is InChI=1S/C12H16F3N5/c13-12(14,15)10-1-2-17-11(18-10)20-5-3-19(4-6-20)9-7-16-8-9/h1-2,9,16H,3-8H2. The molecule has 2 aliphatic heterocycles. The highest BCUT2D eigenvalue weighted by Gasteiger charge is 2.34. The lowest BCUT2D eigenvalue weighted by Crippen LogP contribution is -2.61. The maximum atomic E-state index is 12.6. The van der Waals surface area contributed by atoms with E-state index in [4.69, 9.17) is 0 Å². The molecule has 0 spiro atoms. The number of nitrogens with zero attached hydrogens (tertiary/aromatic N) is 4. The third-order valence-electron chi connectivity index (χ3n) is 3.81. The molecule has 2 fully saturated rings. The second kappa shape index (κ2) is 5.17. The van der Waals surface area contributed by atoms with Gasteiger partial charge >= 0.3 is 6.18 Å². The highest BCUT2D eigenvalue weighted by atomic mass is 19.4. The van der Waals surface area contributed by atoms with Crippen LogP contribution in [0.2, 0.25) is 0 Å². The van der Waals surface area contributed by atoms with E-state index in [0.717, 1.165) is 32.2 Å². The zero-order valence-electron chi connectivity index (χ0n) is 10.9. The summed E-state index contributed by atoms with van der Waals surface area (Å²) in [6.45, 7) is 5.01. The van der Waals surface area contributed by atoms with Crippen LogP contribution in [0.4, 0.5) is 19.1 Å². The smallest absolute Gasteiger partial charge is 0.338 e. The molecular weight excluding hydrogens is 271 g/mol. The topological polar surface area (TPSA) is 44.3 Å². The summed E-state index contributed by atoms with van der Waals surface area (Å²) in [7, 11) is 0. The summed E-state index contributed by atoms with van der Waals surface area (Å²) in [5.41, 5.74) is -0.881. The second-order valence-corrected chi connectivity index (χ2v) is 5.07. The Bertz CT molecular complexity index is 466. The van der Waals surface area contributed by atoms with Gasteiger partial charge in [0.25, 0.3) is 0 Å². The van der Waals surface area contributed by atoms with Gasteiger partial charge < -0.3 is 10.2 Å². The number of hydrogen-bond acceptors (Lipinski definition) is 5. The van der Waals surface area contributed by atoms with Crippen molar-refractivity contribution in [3.8, 4) is 0 Å². The largest absolute Gasteiger partial charge is 0.433 e. The molecule has 0 aliphatic carbocycles. The number of aromatic nitrogens is 2. The van der Waals surface area contributed by atoms with Gasteiger partial charge in [0.15, 0.2) is 0 Å². The van der Waals surface area contributed by atoms with E-state index >= 15 is 0 Å². The predicted octanol–water partition coefficient (Wildman–Crippen LogP) is 0.589. The average Bonchev–Trinajstić information content (AvgIpc) is 2.37. The first-order chi connectivity index (χ1) is 9.54. The minimum absolute atomic E-state index is 0.172. The summed E-state index contributed by atoms with van der Waals surface area (Å²) < 4.78 is 37.9. The van der Waals surface area contributed by atoms with Gasteiger partial charge in [0.05, 0.1) is 0 Å². The van der Waals surface area contributed by atoms with Crippen molar-refractivity contribution in [1.82, 2.24) is 20.2 Å². The third-order valence-corrected chi connectivity index (χ3v) is 3.81. The maximum Gasteiger partial charge on any atom is 0.433 e. The van der Waals surface area contributed by atoms with Crippen molar-refractivity contribution in [3.05, 3.63) is 18.0 Å². The van der Waals surface area contributed by atoms with Crippen LogP contribution < -0.4 is 10.2 Å². The van der Waals surface area contributed by atoms with Crippen LogP contribution in [0.5, 0.6) is 0 Å². The summed E-state index contributed by atoms with van der Waals surface area (Å²) in [6.07, 6.45) is -3.25. The van der Waals surface area contributed by atoms with E-state index in [1.165, 1.54) is 6.20 Å². The Hall–Kier alpha value is -1.41. The molecule has 110 valence electrons. The van der Waals surface area contributed by atoms with Gasteiger partial charge in [-0.3, -0.25) is 4.90 Å². The van der Waals surface area contributed by atoms with E-state index < -0.39 is 11.9 Å². The quantitative estimate of drug-likeness (QED) is 0.862. The second-order valence-electron chi connectivity index (χ2n) is 5.07. The highest BCUT2D eigenvalue weighted by Crippen LogP contribution is 2.28. The van der Waals surface area contributed by atoms with Crippen LogP contribution in [0, 0.1) is 0 Å². The first kappa shape index (κ1) is 13.6. The molecule has 8 heteroatoms. The molecule has 0 radical (unpaired) electrons. The van der Waals surface area contributed by atoms with Crippen molar-refractivity contribution in [3.63, 3.8) is 0 Å². The number of piperazine rings is 1. The summed E-state index contributed by atoms with van der Waals surface area (Å²) >= 11 is 0. The van der Waals surface area contributed by atoms with Crippen LogP contribution in [0.15, 0.2) is 12.3 Å². The molecular formula is C12H16F3N5. The molecule has 0 bridgehead atoms. The molecule has 0 unspecified atom stereocenters. The Morgan fingerprint density at radius 3 is 2.40 bits per heavy atom. The monoisotopic (exact) mass is 287 g/mol. The fourth-order valence-electron chi connectivity index (χ4n) is 2.48. The highest BCUT2D eigenvalue weighted by molar-refractivity contribution is 5.31. The number of alkyl halides is 3. The van der Waals surface area contributed by atoms with E-state index in [1.54, 1.807) is 0 Å². The van der Waals surface area contributed by atoms with Crippen LogP contribution in [0.25, 0.3) is 0 Å². The van der Waals surface area contributed by atoms with E-state index in [9.17, 15) is 13.2 Å². The first-order valence-corrected chi connectivity index (χ1v) is 6.64. The van der Waals surface area contributed by atoms with Crippen LogP contribution in [-0.2, 0) is 6.18 Å². The molecule has 2 saturated heterocycles. The van der Waals surface area contributed by atoms with E-state index in [2.05, 4.69) is 20.2 Å². The molecule has 3 heterocycles. The molecule has 1 N–H and O–H groups in total. The minimum Gasteiger partial charge on any atom is -0.338 e. The van der Waals surface area contributed by atoms with Gasteiger partial charge in [-0.2, -0.15) is 13.2 Å².